The molecule has 55 heavy (non-hydrogen) atoms. The van der Waals surface area contributed by atoms with Gasteiger partial charge in [-0.15, -0.1) is 10.2 Å². The van der Waals surface area contributed by atoms with Crippen LogP contribution in [-0.2, 0) is 20.2 Å². The van der Waals surface area contributed by atoms with Crippen LogP contribution < -0.4 is 5.11 Å². The Morgan fingerprint density at radius 1 is 0.509 bits per heavy atom. The number of fused-ring (bicyclic) bond motifs is 4. The molecule has 0 radical (unpaired) electrons. The first-order chi connectivity index (χ1) is 25.9. The smallest absolute Gasteiger partial charge is 0.871 e. The fourth-order valence-electron chi connectivity index (χ4n) is 5.91. The van der Waals surface area contributed by atoms with Crippen LogP contribution in [0.4, 0.5) is 22.7 Å². The molecule has 0 amide bonds. The Morgan fingerprint density at radius 2 is 1.02 bits per heavy atom. The van der Waals surface area contributed by atoms with Gasteiger partial charge in [0.2, 0.25) is 0 Å². The zero-order valence-electron chi connectivity index (χ0n) is 28.5. The molecule has 12 nitrogen and oxygen atoms in total. The van der Waals surface area contributed by atoms with Crippen LogP contribution in [0.2, 0.25) is 0 Å². The Kier molecular flexibility index (Phi) is 11.6. The van der Waals surface area contributed by atoms with E-state index < -0.39 is 25.1 Å². The maximum Gasteiger partial charge on any atom is 2.00 e. The van der Waals surface area contributed by atoms with Crippen LogP contribution in [0.3, 0.4) is 0 Å². The van der Waals surface area contributed by atoms with Crippen molar-refractivity contribution in [1.29, 1.82) is 0 Å². The van der Waals surface area contributed by atoms with E-state index in [0.717, 1.165) is 21.5 Å². The van der Waals surface area contributed by atoms with Crippen molar-refractivity contribution in [3.63, 3.8) is 0 Å². The zero-order chi connectivity index (χ0) is 38.0. The predicted octanol–water partition coefficient (Wildman–Crippen LogP) is 9.37. The third-order valence-corrected chi connectivity index (χ3v) is 10.2. The van der Waals surface area contributed by atoms with Crippen molar-refractivity contribution in [1.82, 2.24) is 0 Å². The van der Waals surface area contributed by atoms with Crippen molar-refractivity contribution in [2.24, 2.45) is 20.5 Å². The van der Waals surface area contributed by atoms with Crippen molar-refractivity contribution < 1.29 is 36.2 Å². The number of phenols is 1. The molecule has 0 unspecified atom stereocenters. The van der Waals surface area contributed by atoms with Gasteiger partial charge < -0.3 is 14.8 Å². The maximum atomic E-state index is 12.2. The fourth-order valence-corrected chi connectivity index (χ4v) is 7.24. The molecule has 0 atom stereocenters. The van der Waals surface area contributed by atoms with Crippen LogP contribution in [0.5, 0.6) is 11.5 Å². The molecule has 0 aliphatic rings. The van der Waals surface area contributed by atoms with Crippen molar-refractivity contribution >= 4 is 124 Å². The summed E-state index contributed by atoms with van der Waals surface area (Å²) in [5.74, 6) is -0.305. The number of aromatic hydroxyl groups is 1. The molecule has 2 N–H and O–H groups in total. The largest absolute Gasteiger partial charge is 2.00 e. The van der Waals surface area contributed by atoms with Gasteiger partial charge in [0.25, 0.3) is 10.1 Å². The van der Waals surface area contributed by atoms with Crippen molar-refractivity contribution in [2.45, 2.75) is 9.79 Å². The first-order valence-corrected chi connectivity index (χ1v) is 18.9. The van der Waals surface area contributed by atoms with Gasteiger partial charge in [-0.1, -0.05) is 115 Å². The van der Waals surface area contributed by atoms with Crippen molar-refractivity contribution in [3.05, 3.63) is 146 Å². The van der Waals surface area contributed by atoms with Crippen LogP contribution in [0.25, 0.3) is 43.1 Å². The van der Waals surface area contributed by atoms with E-state index in [1.807, 2.05) is 42.5 Å². The molecule has 8 aromatic carbocycles. The van der Waals surface area contributed by atoms with Crippen LogP contribution in [0, 0.1) is 0 Å². The summed E-state index contributed by atoms with van der Waals surface area (Å²) < 4.78 is 67.1. The van der Waals surface area contributed by atoms with E-state index in [4.69, 9.17) is 4.55 Å². The minimum Gasteiger partial charge on any atom is -0.871 e. The SMILES string of the molecule is O=S(=O)(O)c1ccc2cc(N=Nc3c(O)ccc4ccccc34)ccc2c1.O=S(=O)([O-])c1c(N=Nc2c([O-])ccc3ccccc23)ccc2ccccc12.[Ca+2]. The van der Waals surface area contributed by atoms with E-state index in [9.17, 15) is 31.6 Å². The minimum absolute atomic E-state index is 0. The molecular weight excluding hydrogens is 769 g/mol. The quantitative estimate of drug-likeness (QED) is 0.0940. The van der Waals surface area contributed by atoms with E-state index in [1.54, 1.807) is 72.8 Å². The van der Waals surface area contributed by atoms with E-state index in [-0.39, 0.29) is 70.9 Å². The second-order valence-corrected chi connectivity index (χ2v) is 14.7. The molecule has 15 heteroatoms. The van der Waals surface area contributed by atoms with E-state index >= 15 is 0 Å². The second-order valence-electron chi connectivity index (χ2n) is 11.9. The standard InChI is InChI=1S/2C20H14N2O4S.Ca/c23-18-12-10-13-5-1-3-7-15(13)19(18)22-21-17-11-9-14-6-2-4-8-16(14)20(17)27(24,25)26;23-19-10-7-13-3-1-2-4-18(13)20(19)22-21-16-8-5-15-12-17(27(24,25)26)9-6-14(15)11-16;/h2*1-12,23H,(H,24,25,26);/q;;+2/p-2. The Hall–Kier alpha value is -5.32. The van der Waals surface area contributed by atoms with Crippen molar-refractivity contribution in [3.8, 4) is 11.5 Å². The van der Waals surface area contributed by atoms with Crippen molar-refractivity contribution in [2.75, 3.05) is 0 Å². The molecule has 8 rings (SSSR count). The summed E-state index contributed by atoms with van der Waals surface area (Å²) >= 11 is 0. The van der Waals surface area contributed by atoms with E-state index in [2.05, 4.69) is 20.5 Å². The Bertz CT molecular complexity index is 3050. The first kappa shape index (κ1) is 39.4. The van der Waals surface area contributed by atoms with Gasteiger partial charge in [0.15, 0.2) is 0 Å². The molecule has 0 aliphatic heterocycles. The van der Waals surface area contributed by atoms with Gasteiger partial charge in [0, 0.05) is 16.2 Å². The molecule has 0 aromatic heterocycles. The molecule has 0 spiro atoms. The average molecular weight is 795 g/mol. The molecule has 0 saturated heterocycles. The zero-order valence-corrected chi connectivity index (χ0v) is 32.4. The number of azo groups is 2. The maximum absolute atomic E-state index is 12.2. The van der Waals surface area contributed by atoms with Gasteiger partial charge in [-0.2, -0.15) is 18.6 Å². The number of phenolic OH excluding ortho intramolecular Hbond substituents is 1. The summed E-state index contributed by atoms with van der Waals surface area (Å²) in [6.07, 6.45) is 0. The fraction of sp³-hybridized carbons (Fsp3) is 0. The molecule has 0 heterocycles. The van der Waals surface area contributed by atoms with E-state index in [0.29, 0.717) is 27.5 Å². The molecule has 0 saturated carbocycles. The third kappa shape index (κ3) is 8.66. The monoisotopic (exact) mass is 794 g/mol. The summed E-state index contributed by atoms with van der Waals surface area (Å²) in [7, 11) is -9.04. The molecule has 0 aliphatic carbocycles. The second kappa shape index (κ2) is 16.2. The van der Waals surface area contributed by atoms with Crippen LogP contribution >= 0.6 is 0 Å². The number of nitrogens with zero attached hydrogens (tertiary/aromatic N) is 4. The molecule has 0 bridgehead atoms. The van der Waals surface area contributed by atoms with Crippen LogP contribution in [-0.4, -0.2) is 68.8 Å². The summed E-state index contributed by atoms with van der Waals surface area (Å²) in [5, 5.41) is 44.1. The summed E-state index contributed by atoms with van der Waals surface area (Å²) in [6.45, 7) is 0. The van der Waals surface area contributed by atoms with Gasteiger partial charge in [-0.25, -0.2) is 8.42 Å². The van der Waals surface area contributed by atoms with Crippen LogP contribution in [0.1, 0.15) is 0 Å². The predicted molar refractivity (Wildman–Crippen MR) is 209 cm³/mol. The number of benzene rings is 8. The van der Waals surface area contributed by atoms with E-state index in [1.165, 1.54) is 30.3 Å². The molecule has 268 valence electrons. The first-order valence-electron chi connectivity index (χ1n) is 16.1. The van der Waals surface area contributed by atoms with Crippen LogP contribution in [0.15, 0.2) is 176 Å². The van der Waals surface area contributed by atoms with Gasteiger partial charge >= 0.3 is 37.7 Å². The third-order valence-electron chi connectivity index (χ3n) is 8.47. The Balaban J connectivity index is 0.000000184. The number of hydrogen-bond acceptors (Lipinski definition) is 11. The number of rotatable bonds is 6. The molecular formula is C40H26CaN4O8S2. The van der Waals surface area contributed by atoms with Gasteiger partial charge in [-0.3, -0.25) is 4.55 Å². The molecule has 0 fully saturated rings. The average Bonchev–Trinajstić information content (AvgIpc) is 3.16. The summed E-state index contributed by atoms with van der Waals surface area (Å²) in [6, 6.07) is 40.3. The summed E-state index contributed by atoms with van der Waals surface area (Å²) in [5.41, 5.74) is 0.927. The van der Waals surface area contributed by atoms with Gasteiger partial charge in [-0.05, 0) is 63.3 Å². The minimum atomic E-state index is -4.80. The topological polar surface area (TPSA) is 204 Å². The van der Waals surface area contributed by atoms with Gasteiger partial charge in [0.1, 0.15) is 27.2 Å². The normalized spacial score (nSPS) is 12.0. The molecule has 8 aromatic rings. The Labute approximate surface area is 344 Å². The summed E-state index contributed by atoms with van der Waals surface area (Å²) in [4.78, 5) is -0.609. The number of hydrogen-bond donors (Lipinski definition) is 2. The van der Waals surface area contributed by atoms with Gasteiger partial charge in [0.05, 0.1) is 21.2 Å². The Morgan fingerprint density at radius 3 is 1.67 bits per heavy atom.